The Kier molecular flexibility index (Phi) is 10.5. The van der Waals surface area contributed by atoms with Crippen molar-refractivity contribution in [2.45, 2.75) is 83.5 Å². The van der Waals surface area contributed by atoms with Crippen LogP contribution in [0.25, 0.3) is 11.5 Å². The topological polar surface area (TPSA) is 109 Å². The maximum absolute atomic E-state index is 14.6. The van der Waals surface area contributed by atoms with Crippen molar-refractivity contribution in [2.24, 2.45) is 5.92 Å². The number of aliphatic carboxylic acids is 1. The van der Waals surface area contributed by atoms with Gasteiger partial charge < -0.3 is 18.9 Å². The first kappa shape index (κ1) is 31.5. The molecule has 1 aromatic carbocycles. The molecule has 1 aliphatic carbocycles. The number of rotatable bonds is 13. The number of hydrogen-bond donors (Lipinski definition) is 0. The first-order valence-corrected chi connectivity index (χ1v) is 13.1. The molecule has 2 aromatic heterocycles. The first-order valence-electron chi connectivity index (χ1n) is 12.8. The van der Waals surface area contributed by atoms with Gasteiger partial charge in [-0.1, -0.05) is 47.9 Å². The number of carboxylic acid groups (broad SMARTS) is 1. The summed E-state index contributed by atoms with van der Waals surface area (Å²) < 4.78 is 39.8. The molecule has 11 heteroatoms. The number of nitrogens with zero attached hydrogens (tertiary/aromatic N) is 2. The summed E-state index contributed by atoms with van der Waals surface area (Å²) in [6.45, 7) is 5.29. The van der Waals surface area contributed by atoms with E-state index < -0.39 is 30.0 Å². The third-order valence-electron chi connectivity index (χ3n) is 6.66. The number of alkyl halides is 2. The quantitative estimate of drug-likeness (QED) is 0.290. The average Bonchev–Trinajstić information content (AvgIpc) is 3.35. The smallest absolute Gasteiger partial charge is 0.550 e. The van der Waals surface area contributed by atoms with Crippen LogP contribution in [0.1, 0.15) is 92.4 Å². The number of carboxylic acids is 1. The van der Waals surface area contributed by atoms with E-state index in [1.807, 2.05) is 13.0 Å². The van der Waals surface area contributed by atoms with E-state index in [0.717, 1.165) is 18.4 Å². The van der Waals surface area contributed by atoms with Gasteiger partial charge in [0.15, 0.2) is 11.5 Å². The molecule has 0 amide bonds. The SMILES string of the molecule is Cc1ccc(CC(=O)C[C@H](CCC(=O)[O-])c2noc(-c3cc(C(F)(F)CC(C)C)on3)c2C2CC2)c(Cl)c1.[Na+]. The first-order chi connectivity index (χ1) is 17.9. The zero-order valence-corrected chi connectivity index (χ0v) is 25.3. The average molecular weight is 571 g/mol. The maximum atomic E-state index is 14.6. The fourth-order valence-electron chi connectivity index (χ4n) is 4.71. The molecule has 3 aromatic rings. The van der Waals surface area contributed by atoms with Crippen LogP contribution in [0.2, 0.25) is 5.02 Å². The molecule has 0 bridgehead atoms. The summed E-state index contributed by atoms with van der Waals surface area (Å²) in [5.74, 6) is -5.68. The van der Waals surface area contributed by atoms with Gasteiger partial charge in [-0.25, -0.2) is 0 Å². The van der Waals surface area contributed by atoms with Crippen LogP contribution < -0.4 is 34.7 Å². The molecule has 2 heterocycles. The molecule has 1 saturated carbocycles. The molecule has 0 unspecified atom stereocenters. The van der Waals surface area contributed by atoms with Crippen LogP contribution >= 0.6 is 11.6 Å². The second-order valence-corrected chi connectivity index (χ2v) is 11.0. The summed E-state index contributed by atoms with van der Waals surface area (Å²) >= 11 is 6.30. The fraction of sp³-hybridized carbons (Fsp3) is 0.500. The normalized spacial score (nSPS) is 14.3. The van der Waals surface area contributed by atoms with Gasteiger partial charge in [0.2, 0.25) is 5.76 Å². The van der Waals surface area contributed by atoms with E-state index >= 15 is 0 Å². The molecule has 0 radical (unpaired) electrons. The minimum absolute atomic E-state index is 0. The predicted molar refractivity (Wildman–Crippen MR) is 134 cm³/mol. The minimum atomic E-state index is -3.19. The largest absolute Gasteiger partial charge is 1.00 e. The number of Topliss-reactive ketones (excluding diaryl/α,β-unsaturated/α-hetero) is 1. The Bertz CT molecular complexity index is 1320. The zero-order chi connectivity index (χ0) is 27.6. The monoisotopic (exact) mass is 570 g/mol. The number of ketones is 1. The molecule has 7 nitrogen and oxygen atoms in total. The van der Waals surface area contributed by atoms with Crippen molar-refractivity contribution < 1.29 is 62.1 Å². The molecule has 39 heavy (non-hydrogen) atoms. The van der Waals surface area contributed by atoms with Gasteiger partial charge in [0.1, 0.15) is 5.78 Å². The molecule has 0 saturated heterocycles. The Hall–Kier alpha value is -2.07. The Morgan fingerprint density at radius 1 is 1.18 bits per heavy atom. The van der Waals surface area contributed by atoms with Crippen molar-refractivity contribution in [2.75, 3.05) is 0 Å². The Morgan fingerprint density at radius 2 is 1.90 bits per heavy atom. The van der Waals surface area contributed by atoms with Crippen molar-refractivity contribution in [3.05, 3.63) is 57.4 Å². The Balaban J connectivity index is 0.00000420. The molecule has 0 aliphatic heterocycles. The molecule has 204 valence electrons. The van der Waals surface area contributed by atoms with E-state index in [1.165, 1.54) is 6.07 Å². The van der Waals surface area contributed by atoms with Crippen molar-refractivity contribution in [3.8, 4) is 11.5 Å². The van der Waals surface area contributed by atoms with Crippen molar-refractivity contribution in [1.29, 1.82) is 0 Å². The van der Waals surface area contributed by atoms with E-state index in [0.29, 0.717) is 21.8 Å². The predicted octanol–water partition coefficient (Wildman–Crippen LogP) is 3.13. The van der Waals surface area contributed by atoms with Crippen LogP contribution in [0.15, 0.2) is 33.3 Å². The summed E-state index contributed by atoms with van der Waals surface area (Å²) in [5.41, 5.74) is 2.87. The van der Waals surface area contributed by atoms with Gasteiger partial charge in [0, 0.05) is 47.8 Å². The van der Waals surface area contributed by atoms with E-state index in [1.54, 1.807) is 26.0 Å². The zero-order valence-electron chi connectivity index (χ0n) is 22.6. The van der Waals surface area contributed by atoms with Crippen molar-refractivity contribution >= 4 is 23.4 Å². The summed E-state index contributed by atoms with van der Waals surface area (Å²) in [7, 11) is 0. The molecule has 4 rings (SSSR count). The number of aryl methyl sites for hydroxylation is 1. The molecular formula is C28H30ClF2N2NaO5. The number of halogens is 3. The van der Waals surface area contributed by atoms with Gasteiger partial charge in [0.25, 0.3) is 0 Å². The molecule has 1 atom stereocenters. The van der Waals surface area contributed by atoms with Gasteiger partial charge in [0.05, 0.1) is 5.69 Å². The summed E-state index contributed by atoms with van der Waals surface area (Å²) in [4.78, 5) is 24.3. The standard InChI is InChI=1S/C28H31ClF2N2O5.Na/c1-15(2)14-28(30,31)23-13-22(32-37-23)27-25(17-6-7-17)26(33-38-27)19(8-9-24(35)36)12-20(34)11-18-5-4-16(3)10-21(18)29;/h4-5,10,13,15,17,19H,6-9,11-12,14H2,1-3H3,(H,35,36);/q;+1/p-1/t19-;/m0./s1. The molecular weight excluding hydrogens is 541 g/mol. The van der Waals surface area contributed by atoms with Crippen LogP contribution in [-0.4, -0.2) is 22.1 Å². The molecule has 0 spiro atoms. The van der Waals surface area contributed by atoms with Gasteiger partial charge >= 0.3 is 35.5 Å². The molecule has 1 aliphatic rings. The molecule has 0 N–H and O–H groups in total. The second kappa shape index (κ2) is 13.1. The maximum Gasteiger partial charge on any atom is 1.00 e. The number of carbonyl (C=O) groups excluding carboxylic acids is 2. The third kappa shape index (κ3) is 7.99. The van der Waals surface area contributed by atoms with Crippen LogP contribution in [0, 0.1) is 12.8 Å². The van der Waals surface area contributed by atoms with Crippen LogP contribution in [0.3, 0.4) is 0 Å². The summed E-state index contributed by atoms with van der Waals surface area (Å²) in [6.07, 6.45) is 1.20. The Labute approximate surface area is 252 Å². The van der Waals surface area contributed by atoms with Crippen molar-refractivity contribution in [3.63, 3.8) is 0 Å². The number of hydrogen-bond acceptors (Lipinski definition) is 7. The number of carbonyl (C=O) groups is 2. The van der Waals surface area contributed by atoms with Crippen molar-refractivity contribution in [1.82, 2.24) is 10.3 Å². The van der Waals surface area contributed by atoms with Gasteiger partial charge in [-0.2, -0.15) is 8.78 Å². The third-order valence-corrected chi connectivity index (χ3v) is 7.02. The van der Waals surface area contributed by atoms with Crippen LogP contribution in [-0.2, 0) is 21.9 Å². The van der Waals surface area contributed by atoms with Crippen LogP contribution in [0.4, 0.5) is 8.78 Å². The van der Waals surface area contributed by atoms with Crippen LogP contribution in [0.5, 0.6) is 0 Å². The fourth-order valence-corrected chi connectivity index (χ4v) is 5.01. The second-order valence-electron chi connectivity index (χ2n) is 10.6. The number of aromatic nitrogens is 2. The molecule has 1 fully saturated rings. The van der Waals surface area contributed by atoms with Gasteiger partial charge in [-0.15, -0.1) is 0 Å². The van der Waals surface area contributed by atoms with E-state index in [4.69, 9.17) is 20.6 Å². The van der Waals surface area contributed by atoms with E-state index in [-0.39, 0.29) is 84.3 Å². The minimum Gasteiger partial charge on any atom is -0.550 e. The summed E-state index contributed by atoms with van der Waals surface area (Å²) in [5, 5.41) is 19.8. The summed E-state index contributed by atoms with van der Waals surface area (Å²) in [6, 6.07) is 6.61. The van der Waals surface area contributed by atoms with E-state index in [2.05, 4.69) is 10.3 Å². The van der Waals surface area contributed by atoms with E-state index in [9.17, 15) is 23.5 Å². The van der Waals surface area contributed by atoms with Gasteiger partial charge in [-0.05, 0) is 61.6 Å². The number of benzene rings is 1. The Morgan fingerprint density at radius 3 is 2.51 bits per heavy atom. The van der Waals surface area contributed by atoms with Gasteiger partial charge in [-0.3, -0.25) is 4.79 Å².